The number of aromatic nitrogens is 4. The van der Waals surface area contributed by atoms with E-state index in [9.17, 15) is 9.59 Å². The third kappa shape index (κ3) is 7.51. The van der Waals surface area contributed by atoms with Crippen LogP contribution in [-0.2, 0) is 9.47 Å². The van der Waals surface area contributed by atoms with Gasteiger partial charge in [-0.05, 0) is 41.3 Å². The van der Waals surface area contributed by atoms with Crippen molar-refractivity contribution < 1.29 is 19.1 Å². The first-order valence-electron chi connectivity index (χ1n) is 13.7. The van der Waals surface area contributed by atoms with E-state index in [4.69, 9.17) is 37.7 Å². The number of anilines is 2. The van der Waals surface area contributed by atoms with Crippen molar-refractivity contribution in [2.24, 2.45) is 0 Å². The Morgan fingerprint density at radius 2 is 1.98 bits per heavy atom. The van der Waals surface area contributed by atoms with Gasteiger partial charge in [0.25, 0.3) is 5.91 Å². The summed E-state index contributed by atoms with van der Waals surface area (Å²) in [5.41, 5.74) is 1.73. The molecule has 0 aliphatic carbocycles. The molecule has 4 rings (SSSR count). The predicted octanol–water partition coefficient (Wildman–Crippen LogP) is 4.11. The molecule has 1 amide bonds. The van der Waals surface area contributed by atoms with Crippen molar-refractivity contribution >= 4 is 57.4 Å². The minimum atomic E-state index is -0.466. The summed E-state index contributed by atoms with van der Waals surface area (Å²) in [5, 5.41) is 7.43. The number of amides is 1. The quantitative estimate of drug-likeness (QED) is 0.249. The second-order valence-electron chi connectivity index (χ2n) is 9.97. The summed E-state index contributed by atoms with van der Waals surface area (Å²) in [6.07, 6.45) is 3.48. The highest BCUT2D eigenvalue weighted by Gasteiger charge is 2.34. The number of aromatic amines is 1. The van der Waals surface area contributed by atoms with Gasteiger partial charge in [-0.1, -0.05) is 34.5 Å². The molecule has 228 valence electrons. The van der Waals surface area contributed by atoms with Crippen LogP contribution in [0.5, 0.6) is 0 Å². The lowest BCUT2D eigenvalue weighted by Gasteiger charge is -2.38. The van der Waals surface area contributed by atoms with Crippen molar-refractivity contribution in [3.8, 4) is 11.4 Å². The Morgan fingerprint density at radius 1 is 1.19 bits per heavy atom. The van der Waals surface area contributed by atoms with Crippen molar-refractivity contribution in [3.05, 3.63) is 38.7 Å². The number of thiazole rings is 1. The highest BCUT2D eigenvalue weighted by molar-refractivity contribution is 7.17. The van der Waals surface area contributed by atoms with Crippen LogP contribution < -0.4 is 15.5 Å². The maximum atomic E-state index is 13.0. The smallest absolute Gasteiger partial charge is 0.350 e. The summed E-state index contributed by atoms with van der Waals surface area (Å²) in [4.78, 5) is 47.1. The summed E-state index contributed by atoms with van der Waals surface area (Å²) in [6, 6.07) is -0.269. The fourth-order valence-corrected chi connectivity index (χ4v) is 5.93. The number of rotatable bonds is 12. The first kappa shape index (κ1) is 32.0. The Balaban J connectivity index is 1.52. The number of hydrogen-bond acceptors (Lipinski definition) is 11. The summed E-state index contributed by atoms with van der Waals surface area (Å²) in [5.74, 6) is -0.181. The van der Waals surface area contributed by atoms with Crippen LogP contribution in [0, 0.1) is 6.92 Å². The van der Waals surface area contributed by atoms with Crippen LogP contribution >= 0.6 is 34.5 Å². The molecule has 3 N–H and O–H groups in total. The standard InChI is InChI=1S/C27H36Cl2N8O4S/c1-6-40-18-14-37(10-8-16(18)34-25(38)23-21(29)20(28)15(3)33-23)27-35-22(24(42-27)26(39)41-7-2)17-12-32-19(13-31-17)30-9-11-36(4)5/h12-13,16,18,33H,6-11,14H2,1-5H3,(H,30,32)(H,34,38)/t16-,18+/m1/s1. The lowest BCUT2D eigenvalue weighted by Crippen LogP contribution is -2.55. The first-order valence-corrected chi connectivity index (χ1v) is 15.3. The van der Waals surface area contributed by atoms with Crippen LogP contribution in [0.4, 0.5) is 10.9 Å². The highest BCUT2D eigenvalue weighted by atomic mass is 35.5. The minimum absolute atomic E-state index is 0.194. The Labute approximate surface area is 259 Å². The van der Waals surface area contributed by atoms with Gasteiger partial charge in [-0.3, -0.25) is 4.79 Å². The van der Waals surface area contributed by atoms with E-state index in [1.807, 2.05) is 25.9 Å². The number of carbonyl (C=O) groups excluding carboxylic acids is 2. The molecule has 0 aromatic carbocycles. The molecule has 4 heterocycles. The molecule has 0 saturated carbocycles. The number of carbonyl (C=O) groups is 2. The normalized spacial score (nSPS) is 17.0. The third-order valence-electron chi connectivity index (χ3n) is 6.64. The molecule has 0 unspecified atom stereocenters. The van der Waals surface area contributed by atoms with Gasteiger partial charge in [0.1, 0.15) is 27.8 Å². The Kier molecular flexibility index (Phi) is 11.0. The molecule has 0 radical (unpaired) electrons. The number of nitrogens with zero attached hydrogens (tertiary/aromatic N) is 5. The van der Waals surface area contributed by atoms with E-state index in [1.54, 1.807) is 26.2 Å². The van der Waals surface area contributed by atoms with Crippen molar-refractivity contribution in [3.63, 3.8) is 0 Å². The van der Waals surface area contributed by atoms with Gasteiger partial charge in [0, 0.05) is 38.5 Å². The van der Waals surface area contributed by atoms with Crippen LogP contribution in [0.15, 0.2) is 12.4 Å². The topological polar surface area (TPSA) is 138 Å². The van der Waals surface area contributed by atoms with Gasteiger partial charge in [-0.2, -0.15) is 0 Å². The molecule has 1 aliphatic rings. The van der Waals surface area contributed by atoms with E-state index in [-0.39, 0.29) is 35.4 Å². The lowest BCUT2D eigenvalue weighted by atomic mass is 10.0. The van der Waals surface area contributed by atoms with Gasteiger partial charge < -0.3 is 34.9 Å². The molecule has 0 spiro atoms. The van der Waals surface area contributed by atoms with Gasteiger partial charge in [-0.25, -0.2) is 19.7 Å². The Hall–Kier alpha value is -2.97. The van der Waals surface area contributed by atoms with Crippen molar-refractivity contribution in [2.45, 2.75) is 39.3 Å². The highest BCUT2D eigenvalue weighted by Crippen LogP contribution is 2.35. The molecule has 12 nitrogen and oxygen atoms in total. The third-order valence-corrected chi connectivity index (χ3v) is 8.69. The summed E-state index contributed by atoms with van der Waals surface area (Å²) in [7, 11) is 4.00. The molecule has 15 heteroatoms. The number of piperidine rings is 1. The van der Waals surface area contributed by atoms with Crippen LogP contribution in [0.3, 0.4) is 0 Å². The van der Waals surface area contributed by atoms with Crippen LogP contribution in [0.25, 0.3) is 11.4 Å². The lowest BCUT2D eigenvalue weighted by molar-refractivity contribution is 0.0272. The number of halogens is 2. The van der Waals surface area contributed by atoms with Gasteiger partial charge in [0.15, 0.2) is 5.13 Å². The Bertz CT molecular complexity index is 1380. The van der Waals surface area contributed by atoms with Crippen LogP contribution in [0.2, 0.25) is 10.0 Å². The molecule has 1 aliphatic heterocycles. The van der Waals surface area contributed by atoms with Crippen molar-refractivity contribution in [1.82, 2.24) is 30.2 Å². The summed E-state index contributed by atoms with van der Waals surface area (Å²) in [6.45, 7) is 8.70. The van der Waals surface area contributed by atoms with Crippen molar-refractivity contribution in [1.29, 1.82) is 0 Å². The molecule has 3 aromatic rings. The molecule has 3 aromatic heterocycles. The molecular weight excluding hydrogens is 603 g/mol. The SMILES string of the molecule is CCOC(=O)c1sc(N2CC[C@@H](NC(=O)c3[nH]c(C)c(Cl)c3Cl)[C@@H](OCC)C2)nc1-c1cnc(NCCN(C)C)cn1. The molecule has 42 heavy (non-hydrogen) atoms. The fourth-order valence-electron chi connectivity index (χ4n) is 4.51. The Morgan fingerprint density at radius 3 is 2.60 bits per heavy atom. The largest absolute Gasteiger partial charge is 0.462 e. The number of aryl methyl sites for hydroxylation is 1. The maximum Gasteiger partial charge on any atom is 0.350 e. The van der Waals surface area contributed by atoms with Gasteiger partial charge in [0.2, 0.25) is 0 Å². The molecule has 0 bridgehead atoms. The van der Waals surface area contributed by atoms with E-state index >= 15 is 0 Å². The first-order chi connectivity index (χ1) is 20.1. The average molecular weight is 640 g/mol. The predicted molar refractivity (Wildman–Crippen MR) is 165 cm³/mol. The van der Waals surface area contributed by atoms with E-state index < -0.39 is 5.97 Å². The van der Waals surface area contributed by atoms with E-state index in [2.05, 4.69) is 30.5 Å². The van der Waals surface area contributed by atoms with Gasteiger partial charge in [-0.15, -0.1) is 0 Å². The van der Waals surface area contributed by atoms with Crippen molar-refractivity contribution in [2.75, 3.05) is 63.7 Å². The fraction of sp³-hybridized carbons (Fsp3) is 0.519. The maximum absolute atomic E-state index is 13.0. The van der Waals surface area contributed by atoms with Crippen LogP contribution in [0.1, 0.15) is 46.1 Å². The zero-order valence-corrected chi connectivity index (χ0v) is 26.6. The minimum Gasteiger partial charge on any atom is -0.462 e. The zero-order chi connectivity index (χ0) is 30.4. The summed E-state index contributed by atoms with van der Waals surface area (Å²) >= 11 is 13.7. The van der Waals surface area contributed by atoms with E-state index in [0.29, 0.717) is 64.0 Å². The number of hydrogen-bond donors (Lipinski definition) is 3. The van der Waals surface area contributed by atoms with Gasteiger partial charge in [0.05, 0.1) is 41.2 Å². The molecular formula is C27H36Cl2N8O4S. The zero-order valence-electron chi connectivity index (χ0n) is 24.3. The molecule has 2 atom stereocenters. The monoisotopic (exact) mass is 638 g/mol. The molecule has 1 saturated heterocycles. The van der Waals surface area contributed by atoms with E-state index in [1.165, 1.54) is 11.3 Å². The second kappa shape index (κ2) is 14.5. The number of likely N-dealkylation sites (N-methyl/N-ethyl adjacent to an activating group) is 1. The number of H-pyrrole nitrogens is 1. The average Bonchev–Trinajstić information content (AvgIpc) is 3.52. The molecule has 1 fully saturated rings. The second-order valence-corrected chi connectivity index (χ2v) is 11.7. The number of nitrogens with one attached hydrogen (secondary N) is 3. The van der Waals surface area contributed by atoms with Crippen LogP contribution in [-0.4, -0.2) is 102 Å². The number of esters is 1. The summed E-state index contributed by atoms with van der Waals surface area (Å²) < 4.78 is 11.4. The van der Waals surface area contributed by atoms with E-state index in [0.717, 1.165) is 13.1 Å². The number of ether oxygens (including phenoxy) is 2. The van der Waals surface area contributed by atoms with Gasteiger partial charge >= 0.3 is 5.97 Å².